The van der Waals surface area contributed by atoms with Crippen molar-refractivity contribution in [1.82, 2.24) is 19.6 Å². The van der Waals surface area contributed by atoms with Gasteiger partial charge in [-0.15, -0.1) is 0 Å². The Hall–Kier alpha value is -3.29. The van der Waals surface area contributed by atoms with Gasteiger partial charge in [0.2, 0.25) is 0 Å². The van der Waals surface area contributed by atoms with Crippen molar-refractivity contribution >= 4 is 11.6 Å². The number of amides is 1. The number of nitrogens with one attached hydrogen (secondary N) is 1. The third kappa shape index (κ3) is 4.02. The highest BCUT2D eigenvalue weighted by molar-refractivity contribution is 6.04. The van der Waals surface area contributed by atoms with Crippen molar-refractivity contribution in [2.45, 2.75) is 20.0 Å². The van der Waals surface area contributed by atoms with E-state index in [4.69, 9.17) is 9.47 Å². The van der Waals surface area contributed by atoms with Gasteiger partial charge in [-0.05, 0) is 19.1 Å². The molecule has 26 heavy (non-hydrogen) atoms. The molecule has 0 aliphatic rings. The fraction of sp³-hybridized carbons (Fsp3) is 0.278. The molecule has 0 radical (unpaired) electrons. The van der Waals surface area contributed by atoms with E-state index in [1.165, 1.54) is 0 Å². The maximum atomic E-state index is 12.5. The third-order valence-corrected chi connectivity index (χ3v) is 3.86. The molecule has 1 aromatic carbocycles. The van der Waals surface area contributed by atoms with Crippen LogP contribution in [-0.4, -0.2) is 39.7 Å². The zero-order valence-electron chi connectivity index (χ0n) is 15.0. The first-order valence-electron chi connectivity index (χ1n) is 8.19. The van der Waals surface area contributed by atoms with E-state index in [0.29, 0.717) is 29.3 Å². The number of nitrogens with zero attached hydrogens (tertiary/aromatic N) is 4. The van der Waals surface area contributed by atoms with Gasteiger partial charge in [-0.1, -0.05) is 0 Å². The molecule has 1 amide bonds. The lowest BCUT2D eigenvalue weighted by atomic mass is 10.2. The van der Waals surface area contributed by atoms with Crippen LogP contribution in [0.5, 0.6) is 11.5 Å². The van der Waals surface area contributed by atoms with Crippen molar-refractivity contribution in [3.63, 3.8) is 0 Å². The lowest BCUT2D eigenvalue weighted by molar-refractivity contribution is 0.102. The van der Waals surface area contributed by atoms with Crippen LogP contribution in [0.15, 0.2) is 43.0 Å². The monoisotopic (exact) mass is 355 g/mol. The Bertz CT molecular complexity index is 878. The Morgan fingerprint density at radius 1 is 1.04 bits per heavy atom. The van der Waals surface area contributed by atoms with Crippen molar-refractivity contribution in [1.29, 1.82) is 0 Å². The molecule has 136 valence electrons. The Morgan fingerprint density at radius 3 is 2.35 bits per heavy atom. The van der Waals surface area contributed by atoms with Gasteiger partial charge in [-0.2, -0.15) is 10.2 Å². The highest BCUT2D eigenvalue weighted by Crippen LogP contribution is 2.23. The lowest BCUT2D eigenvalue weighted by Gasteiger charge is -2.08. The van der Waals surface area contributed by atoms with Crippen LogP contribution in [0.4, 0.5) is 5.69 Å². The molecule has 0 saturated heterocycles. The molecule has 2 aromatic heterocycles. The molecule has 0 aliphatic heterocycles. The van der Waals surface area contributed by atoms with E-state index in [-0.39, 0.29) is 5.91 Å². The van der Waals surface area contributed by atoms with E-state index in [1.54, 1.807) is 49.5 Å². The normalized spacial score (nSPS) is 10.6. The summed E-state index contributed by atoms with van der Waals surface area (Å²) in [5, 5.41) is 11.3. The van der Waals surface area contributed by atoms with Crippen LogP contribution >= 0.6 is 0 Å². The molecule has 0 atom stereocenters. The Balaban J connectivity index is 1.69. The van der Waals surface area contributed by atoms with Gasteiger partial charge < -0.3 is 14.8 Å². The lowest BCUT2D eigenvalue weighted by Crippen LogP contribution is -2.11. The summed E-state index contributed by atoms with van der Waals surface area (Å²) in [6.45, 7) is 3.44. The van der Waals surface area contributed by atoms with E-state index in [0.717, 1.165) is 12.1 Å². The van der Waals surface area contributed by atoms with Crippen LogP contribution in [0.25, 0.3) is 0 Å². The number of carbonyl (C=O) groups excluding carboxylic acids is 1. The van der Waals surface area contributed by atoms with E-state index in [1.807, 2.05) is 24.0 Å². The second-order valence-electron chi connectivity index (χ2n) is 5.69. The highest BCUT2D eigenvalue weighted by Gasteiger charge is 2.11. The standard InChI is InChI=1S/C18H21N5O3/c1-4-22-10-13(8-19-22)11-23-12-15(9-20-23)21-18(24)14-5-16(25-2)7-17(6-14)26-3/h5-10,12H,4,11H2,1-3H3,(H,21,24). The molecule has 0 spiro atoms. The van der Waals surface area contributed by atoms with E-state index >= 15 is 0 Å². The summed E-state index contributed by atoms with van der Waals surface area (Å²) in [7, 11) is 3.09. The van der Waals surface area contributed by atoms with E-state index in [9.17, 15) is 4.79 Å². The summed E-state index contributed by atoms with van der Waals surface area (Å²) < 4.78 is 14.0. The molecule has 0 unspecified atom stereocenters. The number of rotatable bonds is 7. The average molecular weight is 355 g/mol. The summed E-state index contributed by atoms with van der Waals surface area (Å²) in [5.41, 5.74) is 2.10. The molecular weight excluding hydrogens is 334 g/mol. The maximum absolute atomic E-state index is 12.5. The Kier molecular flexibility index (Phi) is 5.21. The minimum atomic E-state index is -0.263. The quantitative estimate of drug-likeness (QED) is 0.704. The first-order valence-corrected chi connectivity index (χ1v) is 8.19. The topological polar surface area (TPSA) is 83.2 Å². The van der Waals surface area contributed by atoms with Gasteiger partial charge in [-0.25, -0.2) is 0 Å². The highest BCUT2D eigenvalue weighted by atomic mass is 16.5. The number of anilines is 1. The van der Waals surface area contributed by atoms with Gasteiger partial charge >= 0.3 is 0 Å². The second kappa shape index (κ2) is 7.73. The Labute approximate surface area is 151 Å². The summed E-state index contributed by atoms with van der Waals surface area (Å²) in [6.07, 6.45) is 7.17. The molecule has 3 rings (SSSR count). The fourth-order valence-corrected chi connectivity index (χ4v) is 2.50. The molecule has 2 heterocycles. The molecule has 1 N–H and O–H groups in total. The van der Waals surface area contributed by atoms with Crippen LogP contribution in [-0.2, 0) is 13.1 Å². The third-order valence-electron chi connectivity index (χ3n) is 3.86. The summed E-state index contributed by atoms with van der Waals surface area (Å²) >= 11 is 0. The van der Waals surface area contributed by atoms with Gasteiger partial charge in [0.1, 0.15) is 11.5 Å². The molecule has 0 fully saturated rings. The predicted octanol–water partition coefficient (Wildman–Crippen LogP) is 2.42. The van der Waals surface area contributed by atoms with Gasteiger partial charge in [0.15, 0.2) is 0 Å². The molecular formula is C18H21N5O3. The number of carbonyl (C=O) groups is 1. The van der Waals surface area contributed by atoms with Crippen molar-refractivity contribution in [2.24, 2.45) is 0 Å². The minimum absolute atomic E-state index is 0.263. The number of methoxy groups -OCH3 is 2. The molecule has 3 aromatic rings. The smallest absolute Gasteiger partial charge is 0.256 e. The molecule has 0 saturated carbocycles. The first-order chi connectivity index (χ1) is 12.6. The van der Waals surface area contributed by atoms with E-state index in [2.05, 4.69) is 15.5 Å². The maximum Gasteiger partial charge on any atom is 0.256 e. The predicted molar refractivity (Wildman–Crippen MR) is 96.7 cm³/mol. The van der Waals surface area contributed by atoms with Crippen LogP contribution in [0.3, 0.4) is 0 Å². The molecule has 8 heteroatoms. The van der Waals surface area contributed by atoms with Crippen LogP contribution < -0.4 is 14.8 Å². The van der Waals surface area contributed by atoms with Crippen LogP contribution in [0.2, 0.25) is 0 Å². The minimum Gasteiger partial charge on any atom is -0.497 e. The Morgan fingerprint density at radius 2 is 1.73 bits per heavy atom. The molecule has 0 aliphatic carbocycles. The molecule has 0 bridgehead atoms. The largest absolute Gasteiger partial charge is 0.497 e. The second-order valence-corrected chi connectivity index (χ2v) is 5.69. The number of ether oxygens (including phenoxy) is 2. The van der Waals surface area contributed by atoms with Crippen molar-refractivity contribution in [2.75, 3.05) is 19.5 Å². The van der Waals surface area contributed by atoms with Crippen molar-refractivity contribution in [3.8, 4) is 11.5 Å². The van der Waals surface area contributed by atoms with Crippen molar-refractivity contribution < 1.29 is 14.3 Å². The SMILES string of the molecule is CCn1cc(Cn2cc(NC(=O)c3cc(OC)cc(OC)c3)cn2)cn1. The average Bonchev–Trinajstić information content (AvgIpc) is 3.30. The molecule has 8 nitrogen and oxygen atoms in total. The summed E-state index contributed by atoms with van der Waals surface area (Å²) in [5.74, 6) is 0.844. The zero-order valence-corrected chi connectivity index (χ0v) is 15.0. The first kappa shape index (κ1) is 17.5. The zero-order chi connectivity index (χ0) is 18.5. The fourth-order valence-electron chi connectivity index (χ4n) is 2.50. The van der Waals surface area contributed by atoms with Gasteiger partial charge in [0.25, 0.3) is 5.91 Å². The number of hydrogen-bond donors (Lipinski definition) is 1. The van der Waals surface area contributed by atoms with Crippen LogP contribution in [0, 0.1) is 0 Å². The number of benzene rings is 1. The number of aryl methyl sites for hydroxylation is 1. The van der Waals surface area contributed by atoms with E-state index < -0.39 is 0 Å². The van der Waals surface area contributed by atoms with Gasteiger partial charge in [0, 0.05) is 36.1 Å². The number of aromatic nitrogens is 4. The summed E-state index contributed by atoms with van der Waals surface area (Å²) in [4.78, 5) is 12.5. The summed E-state index contributed by atoms with van der Waals surface area (Å²) in [6, 6.07) is 5.02. The van der Waals surface area contributed by atoms with Crippen LogP contribution in [0.1, 0.15) is 22.8 Å². The number of hydrogen-bond acceptors (Lipinski definition) is 5. The van der Waals surface area contributed by atoms with Gasteiger partial charge in [0.05, 0.1) is 38.8 Å². The van der Waals surface area contributed by atoms with Crippen molar-refractivity contribution in [3.05, 3.63) is 54.1 Å². The van der Waals surface area contributed by atoms with Gasteiger partial charge in [-0.3, -0.25) is 14.2 Å².